The Balaban J connectivity index is 2.37. The zero-order valence-corrected chi connectivity index (χ0v) is 8.47. The van der Waals surface area contributed by atoms with Crippen molar-refractivity contribution in [3.8, 4) is 5.75 Å². The molecular weight excluding hydrogens is 200 g/mol. The van der Waals surface area contributed by atoms with Crippen LogP contribution in [0.2, 0.25) is 0 Å². The molecule has 2 nitrogen and oxygen atoms in total. The predicted octanol–water partition coefficient (Wildman–Crippen LogP) is 2.04. The molecule has 4 heteroatoms. The molecule has 0 saturated heterocycles. The minimum Gasteiger partial charge on any atom is -0.493 e. The van der Waals surface area contributed by atoms with E-state index >= 15 is 0 Å². The molecule has 2 N–H and O–H groups in total. The van der Waals surface area contributed by atoms with Crippen molar-refractivity contribution in [3.63, 3.8) is 0 Å². The highest BCUT2D eigenvalue weighted by Crippen LogP contribution is 2.50. The van der Waals surface area contributed by atoms with Crippen LogP contribution in [0, 0.1) is 17.6 Å². The van der Waals surface area contributed by atoms with Crippen LogP contribution in [-0.4, -0.2) is 13.7 Å². The third-order valence-electron chi connectivity index (χ3n) is 2.87. The van der Waals surface area contributed by atoms with Crippen molar-refractivity contribution in [2.75, 3.05) is 13.7 Å². The molecule has 0 spiro atoms. The fraction of sp³-hybridized carbons (Fsp3) is 0.455. The summed E-state index contributed by atoms with van der Waals surface area (Å²) in [5.74, 6) is -0.575. The van der Waals surface area contributed by atoms with Crippen molar-refractivity contribution in [2.24, 2.45) is 11.7 Å². The van der Waals surface area contributed by atoms with Gasteiger partial charge in [0.05, 0.1) is 7.11 Å². The van der Waals surface area contributed by atoms with Crippen LogP contribution in [0.1, 0.15) is 17.9 Å². The molecular formula is C11H13F2NO. The van der Waals surface area contributed by atoms with Crippen LogP contribution >= 0.6 is 0 Å². The lowest BCUT2D eigenvalue weighted by atomic mass is 10.1. The lowest BCUT2D eigenvalue weighted by molar-refractivity contribution is 0.378. The molecule has 0 heterocycles. The maximum atomic E-state index is 13.3. The molecule has 2 rings (SSSR count). The summed E-state index contributed by atoms with van der Waals surface area (Å²) in [5, 5.41) is 0. The van der Waals surface area contributed by atoms with Gasteiger partial charge in [0.1, 0.15) is 5.82 Å². The maximum absolute atomic E-state index is 13.3. The number of rotatable bonds is 3. The van der Waals surface area contributed by atoms with Crippen LogP contribution in [0.15, 0.2) is 12.1 Å². The molecule has 0 amide bonds. The summed E-state index contributed by atoms with van der Waals surface area (Å²) < 4.78 is 31.3. The topological polar surface area (TPSA) is 35.2 Å². The third kappa shape index (κ3) is 1.81. The van der Waals surface area contributed by atoms with Gasteiger partial charge in [-0.25, -0.2) is 8.78 Å². The van der Waals surface area contributed by atoms with E-state index in [1.807, 2.05) is 0 Å². The largest absolute Gasteiger partial charge is 0.493 e. The predicted molar refractivity (Wildman–Crippen MR) is 52.8 cm³/mol. The summed E-state index contributed by atoms with van der Waals surface area (Å²) in [4.78, 5) is 0. The molecule has 15 heavy (non-hydrogen) atoms. The van der Waals surface area contributed by atoms with Crippen LogP contribution < -0.4 is 10.5 Å². The number of ether oxygens (including phenoxy) is 1. The molecule has 82 valence electrons. The maximum Gasteiger partial charge on any atom is 0.168 e. The van der Waals surface area contributed by atoms with Crippen LogP contribution in [0.25, 0.3) is 0 Å². The van der Waals surface area contributed by atoms with Gasteiger partial charge >= 0.3 is 0 Å². The molecule has 1 aliphatic carbocycles. The van der Waals surface area contributed by atoms with E-state index < -0.39 is 11.6 Å². The van der Waals surface area contributed by atoms with Gasteiger partial charge in [-0.1, -0.05) is 0 Å². The Hall–Kier alpha value is -1.16. The van der Waals surface area contributed by atoms with Crippen molar-refractivity contribution in [1.29, 1.82) is 0 Å². The third-order valence-corrected chi connectivity index (χ3v) is 2.87. The van der Waals surface area contributed by atoms with Gasteiger partial charge in [-0.2, -0.15) is 0 Å². The average molecular weight is 213 g/mol. The van der Waals surface area contributed by atoms with Crippen molar-refractivity contribution in [2.45, 2.75) is 12.3 Å². The van der Waals surface area contributed by atoms with Gasteiger partial charge in [0, 0.05) is 11.6 Å². The van der Waals surface area contributed by atoms with E-state index in [1.165, 1.54) is 13.2 Å². The molecule has 1 fully saturated rings. The van der Waals surface area contributed by atoms with Gasteiger partial charge in [0.2, 0.25) is 0 Å². The van der Waals surface area contributed by atoms with Crippen molar-refractivity contribution in [1.82, 2.24) is 0 Å². The summed E-state index contributed by atoms with van der Waals surface area (Å²) >= 11 is 0. The molecule has 0 radical (unpaired) electrons. The minimum atomic E-state index is -0.643. The van der Waals surface area contributed by atoms with Gasteiger partial charge in [-0.15, -0.1) is 0 Å². The molecule has 0 bridgehead atoms. The zero-order chi connectivity index (χ0) is 11.0. The highest BCUT2D eigenvalue weighted by molar-refractivity contribution is 5.41. The molecule has 0 unspecified atom stereocenters. The van der Waals surface area contributed by atoms with Crippen LogP contribution in [0.5, 0.6) is 5.75 Å². The van der Waals surface area contributed by atoms with Crippen molar-refractivity contribution < 1.29 is 13.5 Å². The second-order valence-electron chi connectivity index (χ2n) is 3.85. The van der Waals surface area contributed by atoms with Gasteiger partial charge in [-0.05, 0) is 30.9 Å². The van der Waals surface area contributed by atoms with E-state index in [0.717, 1.165) is 12.5 Å². The van der Waals surface area contributed by atoms with E-state index in [4.69, 9.17) is 10.5 Å². The smallest absolute Gasteiger partial charge is 0.168 e. The number of hydrogen-bond donors (Lipinski definition) is 1. The van der Waals surface area contributed by atoms with Gasteiger partial charge in [0.15, 0.2) is 11.6 Å². The first kappa shape index (κ1) is 10.4. The van der Waals surface area contributed by atoms with E-state index in [9.17, 15) is 8.78 Å². The monoisotopic (exact) mass is 213 g/mol. The second kappa shape index (κ2) is 3.77. The molecule has 2 atom stereocenters. The molecule has 0 aliphatic heterocycles. The summed E-state index contributed by atoms with van der Waals surface area (Å²) in [7, 11) is 1.39. The fourth-order valence-electron chi connectivity index (χ4n) is 1.96. The van der Waals surface area contributed by atoms with E-state index in [2.05, 4.69) is 0 Å². The van der Waals surface area contributed by atoms with Gasteiger partial charge in [-0.3, -0.25) is 0 Å². The Morgan fingerprint density at radius 3 is 2.73 bits per heavy atom. The zero-order valence-electron chi connectivity index (χ0n) is 8.47. The molecule has 1 aliphatic rings. The summed E-state index contributed by atoms with van der Waals surface area (Å²) in [6.07, 6.45) is 0.885. The van der Waals surface area contributed by atoms with Crippen molar-refractivity contribution in [3.05, 3.63) is 29.3 Å². The Morgan fingerprint density at radius 1 is 1.47 bits per heavy atom. The van der Waals surface area contributed by atoms with Crippen LogP contribution in [0.4, 0.5) is 8.78 Å². The normalized spacial score (nSPS) is 24.0. The Morgan fingerprint density at radius 2 is 2.20 bits per heavy atom. The van der Waals surface area contributed by atoms with Gasteiger partial charge in [0.25, 0.3) is 0 Å². The molecule has 0 aromatic heterocycles. The summed E-state index contributed by atoms with van der Waals surface area (Å²) in [6.45, 7) is 0.548. The van der Waals surface area contributed by atoms with E-state index in [-0.39, 0.29) is 11.7 Å². The Bertz CT molecular complexity index is 381. The van der Waals surface area contributed by atoms with Crippen molar-refractivity contribution >= 4 is 0 Å². The average Bonchev–Trinajstić information content (AvgIpc) is 2.95. The van der Waals surface area contributed by atoms with E-state index in [0.29, 0.717) is 18.0 Å². The van der Waals surface area contributed by atoms with Crippen LogP contribution in [0.3, 0.4) is 0 Å². The number of halogens is 2. The summed E-state index contributed by atoms with van der Waals surface area (Å²) in [6, 6.07) is 2.17. The van der Waals surface area contributed by atoms with Gasteiger partial charge < -0.3 is 10.5 Å². The molecule has 1 aromatic carbocycles. The van der Waals surface area contributed by atoms with E-state index in [1.54, 1.807) is 0 Å². The molecule has 1 saturated carbocycles. The lowest BCUT2D eigenvalue weighted by Crippen LogP contribution is -2.03. The lowest BCUT2D eigenvalue weighted by Gasteiger charge is -2.09. The highest BCUT2D eigenvalue weighted by atomic mass is 19.1. The Labute approximate surface area is 87.0 Å². The number of nitrogens with two attached hydrogens (primary N) is 1. The quantitative estimate of drug-likeness (QED) is 0.833. The molecule has 1 aromatic rings. The number of hydrogen-bond acceptors (Lipinski definition) is 2. The first-order valence-corrected chi connectivity index (χ1v) is 4.90. The number of methoxy groups -OCH3 is 1. The fourth-order valence-corrected chi connectivity index (χ4v) is 1.96. The summed E-state index contributed by atoms with van der Waals surface area (Å²) in [5.41, 5.74) is 6.10. The standard InChI is InChI=1S/C11H13F2NO/c1-15-11-9(8-2-6(8)5-14)3-7(12)4-10(11)13/h3-4,6,8H,2,5,14H2,1H3/t6-,8+/m0/s1. The highest BCUT2D eigenvalue weighted by Gasteiger charge is 2.39. The second-order valence-corrected chi connectivity index (χ2v) is 3.85. The first-order valence-electron chi connectivity index (χ1n) is 4.90. The first-order chi connectivity index (χ1) is 7.17. The van der Waals surface area contributed by atoms with Crippen LogP contribution in [-0.2, 0) is 0 Å². The Kier molecular flexibility index (Phi) is 2.61. The minimum absolute atomic E-state index is 0.148. The SMILES string of the molecule is COc1c(F)cc(F)cc1[C@@H]1C[C@H]1CN. The number of benzene rings is 1.